The van der Waals surface area contributed by atoms with Crippen molar-refractivity contribution in [3.8, 4) is 0 Å². The average molecular weight is 223 g/mol. The molecule has 0 aliphatic heterocycles. The van der Waals surface area contributed by atoms with Gasteiger partial charge in [-0.1, -0.05) is 30.8 Å². The lowest BCUT2D eigenvalue weighted by molar-refractivity contribution is 0.361. The lowest BCUT2D eigenvalue weighted by atomic mass is 10.00. The predicted molar refractivity (Wildman–Crippen MR) is 62.1 cm³/mol. The van der Waals surface area contributed by atoms with E-state index in [1.165, 1.54) is 38.5 Å². The molecule has 1 fully saturated rings. The largest absolute Gasteiger partial charge is 0.339 e. The molecule has 2 N–H and O–H groups in total. The highest BCUT2D eigenvalue weighted by molar-refractivity contribution is 4.97. The van der Waals surface area contributed by atoms with Gasteiger partial charge in [0.1, 0.15) is 0 Å². The predicted octanol–water partition coefficient (Wildman–Crippen LogP) is 2.40. The molecule has 1 atom stereocenters. The van der Waals surface area contributed by atoms with E-state index in [-0.39, 0.29) is 6.04 Å². The molecule has 0 bridgehead atoms. The lowest BCUT2D eigenvalue weighted by Crippen LogP contribution is -2.18. The maximum Gasteiger partial charge on any atom is 0.228 e. The third-order valence-electron chi connectivity index (χ3n) is 3.20. The molecule has 1 aromatic heterocycles. The second-order valence-electron chi connectivity index (χ2n) is 4.92. The van der Waals surface area contributed by atoms with E-state index >= 15 is 0 Å². The molecule has 0 spiro atoms. The molecule has 4 nitrogen and oxygen atoms in total. The fourth-order valence-corrected chi connectivity index (χ4v) is 2.33. The second-order valence-corrected chi connectivity index (χ2v) is 4.92. The summed E-state index contributed by atoms with van der Waals surface area (Å²) >= 11 is 0. The molecule has 0 aromatic carbocycles. The van der Waals surface area contributed by atoms with Crippen molar-refractivity contribution >= 4 is 0 Å². The normalized spacial score (nSPS) is 20.6. The highest BCUT2D eigenvalue weighted by atomic mass is 16.5. The Balaban J connectivity index is 1.99. The summed E-state index contributed by atoms with van der Waals surface area (Å²) in [5.41, 5.74) is 5.71. The van der Waals surface area contributed by atoms with Gasteiger partial charge >= 0.3 is 0 Å². The van der Waals surface area contributed by atoms with Gasteiger partial charge in [0.25, 0.3) is 0 Å². The van der Waals surface area contributed by atoms with Gasteiger partial charge in [0.2, 0.25) is 5.89 Å². The maximum atomic E-state index is 5.71. The van der Waals surface area contributed by atoms with Crippen LogP contribution < -0.4 is 5.73 Å². The van der Waals surface area contributed by atoms with E-state index in [0.717, 1.165) is 5.82 Å². The zero-order chi connectivity index (χ0) is 11.4. The standard InChI is InChI=1S/C12H21N3O/c1-9(13)8-11-14-12(15-16-11)10-6-4-2-3-5-7-10/h9-10H,2-8,13H2,1H3. The van der Waals surface area contributed by atoms with Crippen molar-refractivity contribution in [3.05, 3.63) is 11.7 Å². The summed E-state index contributed by atoms with van der Waals surface area (Å²) in [5.74, 6) is 2.10. The lowest BCUT2D eigenvalue weighted by Gasteiger charge is -2.07. The van der Waals surface area contributed by atoms with E-state index in [0.29, 0.717) is 18.2 Å². The third kappa shape index (κ3) is 3.04. The number of nitrogens with zero attached hydrogens (tertiary/aromatic N) is 2. The van der Waals surface area contributed by atoms with Crippen LogP contribution in [-0.2, 0) is 6.42 Å². The molecule has 1 aliphatic carbocycles. The summed E-state index contributed by atoms with van der Waals surface area (Å²) in [6.07, 6.45) is 8.37. The van der Waals surface area contributed by atoms with Gasteiger partial charge in [0, 0.05) is 18.4 Å². The smallest absolute Gasteiger partial charge is 0.228 e. The van der Waals surface area contributed by atoms with Gasteiger partial charge in [-0.05, 0) is 19.8 Å². The van der Waals surface area contributed by atoms with Crippen LogP contribution in [0.1, 0.15) is 63.1 Å². The topological polar surface area (TPSA) is 64.9 Å². The summed E-state index contributed by atoms with van der Waals surface area (Å²) in [6.45, 7) is 1.95. The van der Waals surface area contributed by atoms with Crippen molar-refractivity contribution in [1.29, 1.82) is 0 Å². The first kappa shape index (κ1) is 11.6. The van der Waals surface area contributed by atoms with Crippen LogP contribution in [0.5, 0.6) is 0 Å². The third-order valence-corrected chi connectivity index (χ3v) is 3.20. The van der Waals surface area contributed by atoms with Gasteiger partial charge in [-0.15, -0.1) is 0 Å². The average Bonchev–Trinajstić information content (AvgIpc) is 2.53. The molecule has 1 heterocycles. The van der Waals surface area contributed by atoms with Gasteiger partial charge in [0.05, 0.1) is 0 Å². The van der Waals surface area contributed by atoms with Gasteiger partial charge < -0.3 is 10.3 Å². The zero-order valence-electron chi connectivity index (χ0n) is 9.98. The minimum atomic E-state index is 0.0856. The Hall–Kier alpha value is -0.900. The first-order valence-corrected chi connectivity index (χ1v) is 6.34. The molecule has 1 unspecified atom stereocenters. The van der Waals surface area contributed by atoms with Crippen LogP contribution in [0.4, 0.5) is 0 Å². The highest BCUT2D eigenvalue weighted by Gasteiger charge is 2.20. The van der Waals surface area contributed by atoms with Crippen LogP contribution in [0.25, 0.3) is 0 Å². The second kappa shape index (κ2) is 5.43. The number of rotatable bonds is 3. The Morgan fingerprint density at radius 1 is 1.31 bits per heavy atom. The Morgan fingerprint density at radius 2 is 2.00 bits per heavy atom. The molecule has 16 heavy (non-hydrogen) atoms. The van der Waals surface area contributed by atoms with E-state index in [2.05, 4.69) is 10.1 Å². The first-order chi connectivity index (χ1) is 7.75. The zero-order valence-corrected chi connectivity index (χ0v) is 9.98. The van der Waals surface area contributed by atoms with Crippen LogP contribution in [0.3, 0.4) is 0 Å². The SMILES string of the molecule is CC(N)Cc1nc(C2CCCCCC2)no1. The highest BCUT2D eigenvalue weighted by Crippen LogP contribution is 2.29. The van der Waals surface area contributed by atoms with E-state index in [4.69, 9.17) is 10.3 Å². The quantitative estimate of drug-likeness (QED) is 0.799. The van der Waals surface area contributed by atoms with Crippen LogP contribution in [-0.4, -0.2) is 16.2 Å². The minimum absolute atomic E-state index is 0.0856. The molecule has 1 aromatic rings. The minimum Gasteiger partial charge on any atom is -0.339 e. The van der Waals surface area contributed by atoms with E-state index in [9.17, 15) is 0 Å². The Morgan fingerprint density at radius 3 is 2.62 bits per heavy atom. The van der Waals surface area contributed by atoms with Crippen LogP contribution in [0, 0.1) is 0 Å². The van der Waals surface area contributed by atoms with E-state index < -0.39 is 0 Å². The summed E-state index contributed by atoms with van der Waals surface area (Å²) in [4.78, 5) is 4.46. The van der Waals surface area contributed by atoms with Crippen LogP contribution in [0.2, 0.25) is 0 Å². The monoisotopic (exact) mass is 223 g/mol. The molecule has 0 amide bonds. The maximum absolute atomic E-state index is 5.71. The van der Waals surface area contributed by atoms with Crippen LogP contribution in [0.15, 0.2) is 4.52 Å². The van der Waals surface area contributed by atoms with Crippen molar-refractivity contribution in [2.45, 2.75) is 63.8 Å². The van der Waals surface area contributed by atoms with E-state index in [1.54, 1.807) is 0 Å². The Kier molecular flexibility index (Phi) is 3.93. The molecule has 4 heteroatoms. The molecule has 90 valence electrons. The summed E-state index contributed by atoms with van der Waals surface area (Å²) in [5, 5.41) is 4.09. The fourth-order valence-electron chi connectivity index (χ4n) is 2.33. The van der Waals surface area contributed by atoms with Crippen molar-refractivity contribution in [3.63, 3.8) is 0 Å². The fraction of sp³-hybridized carbons (Fsp3) is 0.833. The van der Waals surface area contributed by atoms with Gasteiger partial charge in [-0.3, -0.25) is 0 Å². The summed E-state index contributed by atoms with van der Waals surface area (Å²) < 4.78 is 5.23. The van der Waals surface area contributed by atoms with Crippen molar-refractivity contribution in [2.24, 2.45) is 5.73 Å². The first-order valence-electron chi connectivity index (χ1n) is 6.34. The molecule has 0 radical (unpaired) electrons. The summed E-state index contributed by atoms with van der Waals surface area (Å²) in [6, 6.07) is 0.0856. The number of hydrogen-bond donors (Lipinski definition) is 1. The van der Waals surface area contributed by atoms with Gasteiger partial charge in [-0.25, -0.2) is 0 Å². The number of aromatic nitrogens is 2. The molecule has 1 saturated carbocycles. The van der Waals surface area contributed by atoms with Crippen molar-refractivity contribution in [2.75, 3.05) is 0 Å². The number of hydrogen-bond acceptors (Lipinski definition) is 4. The van der Waals surface area contributed by atoms with Crippen LogP contribution >= 0.6 is 0 Å². The van der Waals surface area contributed by atoms with E-state index in [1.807, 2.05) is 6.92 Å². The van der Waals surface area contributed by atoms with Crippen molar-refractivity contribution < 1.29 is 4.52 Å². The van der Waals surface area contributed by atoms with Gasteiger partial charge in [0.15, 0.2) is 5.82 Å². The van der Waals surface area contributed by atoms with Crippen molar-refractivity contribution in [1.82, 2.24) is 10.1 Å². The summed E-state index contributed by atoms with van der Waals surface area (Å²) in [7, 11) is 0. The Labute approximate surface area is 96.6 Å². The molecule has 2 rings (SSSR count). The number of nitrogens with two attached hydrogens (primary N) is 1. The molecule has 0 saturated heterocycles. The molecule has 1 aliphatic rings. The Bertz CT molecular complexity index is 314. The molecular weight excluding hydrogens is 202 g/mol. The van der Waals surface area contributed by atoms with Gasteiger partial charge in [-0.2, -0.15) is 4.98 Å². The molecular formula is C12H21N3O.